The van der Waals surface area contributed by atoms with Crippen molar-refractivity contribution in [1.82, 2.24) is 5.32 Å². The fourth-order valence-electron chi connectivity index (χ4n) is 2.76. The average molecular weight is 367 g/mol. The van der Waals surface area contributed by atoms with E-state index in [0.29, 0.717) is 24.2 Å². The maximum atomic E-state index is 12.4. The summed E-state index contributed by atoms with van der Waals surface area (Å²) in [5.74, 6) is -1.29. The molecule has 1 heterocycles. The van der Waals surface area contributed by atoms with Crippen LogP contribution in [0.1, 0.15) is 29.3 Å². The number of hydrogen-bond donors (Lipinski definition) is 3. The molecule has 1 aliphatic rings. The van der Waals surface area contributed by atoms with Crippen LogP contribution in [0.25, 0.3) is 0 Å². The molecule has 0 saturated carbocycles. The summed E-state index contributed by atoms with van der Waals surface area (Å²) >= 11 is 0. The van der Waals surface area contributed by atoms with Crippen LogP contribution in [0.3, 0.4) is 0 Å². The number of fused-ring (bicyclic) bond motifs is 1. The predicted octanol–water partition coefficient (Wildman–Crippen LogP) is 2.46. The molecule has 1 aliphatic heterocycles. The van der Waals surface area contributed by atoms with Crippen LogP contribution in [0.2, 0.25) is 0 Å². The highest BCUT2D eigenvalue weighted by molar-refractivity contribution is 6.10. The number of anilines is 2. The molecule has 8 nitrogen and oxygen atoms in total. The van der Waals surface area contributed by atoms with Gasteiger partial charge in [-0.05, 0) is 36.2 Å². The normalized spacial score (nSPS) is 12.4. The van der Waals surface area contributed by atoms with Crippen molar-refractivity contribution >= 4 is 35.2 Å². The lowest BCUT2D eigenvalue weighted by Gasteiger charge is -2.20. The van der Waals surface area contributed by atoms with E-state index in [1.54, 1.807) is 30.3 Å². The molecule has 138 valence electrons. The lowest BCUT2D eigenvalue weighted by Crippen LogP contribution is -2.35. The Morgan fingerprint density at radius 1 is 1.04 bits per heavy atom. The van der Waals surface area contributed by atoms with Gasteiger partial charge >= 0.3 is 12.0 Å². The minimum Gasteiger partial charge on any atom is -0.426 e. The van der Waals surface area contributed by atoms with Crippen LogP contribution in [0.15, 0.2) is 42.5 Å². The fraction of sp³-hybridized carbons (Fsp3) is 0.158. The van der Waals surface area contributed by atoms with Crippen LogP contribution in [0.5, 0.6) is 5.75 Å². The van der Waals surface area contributed by atoms with Gasteiger partial charge < -0.3 is 15.4 Å². The Morgan fingerprint density at radius 2 is 1.81 bits per heavy atom. The van der Waals surface area contributed by atoms with Gasteiger partial charge in [0.2, 0.25) is 5.91 Å². The second-order valence-electron chi connectivity index (χ2n) is 5.88. The minimum absolute atomic E-state index is 0.0604. The Balaban J connectivity index is 1.72. The minimum atomic E-state index is -0.733. The zero-order chi connectivity index (χ0) is 19.4. The summed E-state index contributed by atoms with van der Waals surface area (Å²) in [4.78, 5) is 47.2. The number of amides is 4. The molecule has 3 N–H and O–H groups in total. The number of esters is 1. The Labute approximate surface area is 154 Å². The van der Waals surface area contributed by atoms with Crippen molar-refractivity contribution in [3.8, 4) is 5.75 Å². The number of carbonyl (C=O) groups excluding carboxylic acids is 4. The highest BCUT2D eigenvalue weighted by Crippen LogP contribution is 2.29. The second kappa shape index (κ2) is 7.69. The van der Waals surface area contributed by atoms with E-state index in [4.69, 9.17) is 4.74 Å². The largest absolute Gasteiger partial charge is 0.426 e. The average Bonchev–Trinajstić information content (AvgIpc) is 2.61. The molecule has 2 aromatic rings. The first kappa shape index (κ1) is 18.1. The Bertz CT molecular complexity index is 939. The maximum absolute atomic E-state index is 12.4. The van der Waals surface area contributed by atoms with Crippen molar-refractivity contribution < 1.29 is 23.9 Å². The van der Waals surface area contributed by atoms with E-state index in [0.717, 1.165) is 5.56 Å². The SMILES string of the molecule is CC(=O)Oc1ccccc1C(=O)NC(=O)Nc1cccc2c1CCC(=O)N2. The summed E-state index contributed by atoms with van der Waals surface area (Å²) in [7, 11) is 0. The Kier molecular flexibility index (Phi) is 5.16. The monoisotopic (exact) mass is 367 g/mol. The summed E-state index contributed by atoms with van der Waals surface area (Å²) in [6.45, 7) is 1.22. The molecule has 0 radical (unpaired) electrons. The molecule has 0 atom stereocenters. The fourth-order valence-corrected chi connectivity index (χ4v) is 2.76. The highest BCUT2D eigenvalue weighted by Gasteiger charge is 2.20. The lowest BCUT2D eigenvalue weighted by atomic mass is 10.0. The first-order chi connectivity index (χ1) is 12.9. The second-order valence-corrected chi connectivity index (χ2v) is 5.88. The topological polar surface area (TPSA) is 114 Å². The standard InChI is InChI=1S/C19H17N3O5/c1-11(23)27-16-8-3-2-5-13(16)18(25)22-19(26)21-15-7-4-6-14-12(15)9-10-17(24)20-14/h2-8H,9-10H2,1H3,(H,20,24)(H2,21,22,25,26). The molecule has 0 bridgehead atoms. The van der Waals surface area contributed by atoms with Crippen LogP contribution >= 0.6 is 0 Å². The van der Waals surface area contributed by atoms with Gasteiger partial charge in [0.15, 0.2) is 0 Å². The lowest BCUT2D eigenvalue weighted by molar-refractivity contribution is -0.131. The number of hydrogen-bond acceptors (Lipinski definition) is 5. The van der Waals surface area contributed by atoms with Gasteiger partial charge in [0.25, 0.3) is 5.91 Å². The molecule has 4 amide bonds. The number of imide groups is 1. The number of para-hydroxylation sites is 1. The highest BCUT2D eigenvalue weighted by atomic mass is 16.5. The van der Waals surface area contributed by atoms with E-state index >= 15 is 0 Å². The molecule has 0 unspecified atom stereocenters. The van der Waals surface area contributed by atoms with E-state index in [9.17, 15) is 19.2 Å². The molecule has 0 saturated heterocycles. The van der Waals surface area contributed by atoms with Crippen molar-refractivity contribution in [2.75, 3.05) is 10.6 Å². The molecule has 27 heavy (non-hydrogen) atoms. The van der Waals surface area contributed by atoms with Gasteiger partial charge in [-0.1, -0.05) is 18.2 Å². The van der Waals surface area contributed by atoms with Gasteiger partial charge in [0, 0.05) is 24.7 Å². The van der Waals surface area contributed by atoms with Gasteiger partial charge in [-0.2, -0.15) is 0 Å². The van der Waals surface area contributed by atoms with Crippen molar-refractivity contribution in [3.05, 3.63) is 53.6 Å². The number of ether oxygens (including phenoxy) is 1. The molecular formula is C19H17N3O5. The van der Waals surface area contributed by atoms with Crippen molar-refractivity contribution in [2.45, 2.75) is 19.8 Å². The molecule has 0 spiro atoms. The molecule has 0 aliphatic carbocycles. The Morgan fingerprint density at radius 3 is 2.59 bits per heavy atom. The molecular weight excluding hydrogens is 350 g/mol. The first-order valence-corrected chi connectivity index (χ1v) is 8.25. The van der Waals surface area contributed by atoms with Gasteiger partial charge in [0.1, 0.15) is 5.75 Å². The van der Waals surface area contributed by atoms with E-state index < -0.39 is 17.9 Å². The van der Waals surface area contributed by atoms with Crippen molar-refractivity contribution in [2.24, 2.45) is 0 Å². The van der Waals surface area contributed by atoms with Crippen LogP contribution in [-0.2, 0) is 16.0 Å². The Hall–Kier alpha value is -3.68. The maximum Gasteiger partial charge on any atom is 0.326 e. The van der Waals surface area contributed by atoms with E-state index in [-0.39, 0.29) is 17.2 Å². The summed E-state index contributed by atoms with van der Waals surface area (Å²) in [6, 6.07) is 10.5. The van der Waals surface area contributed by atoms with E-state index in [2.05, 4.69) is 16.0 Å². The van der Waals surface area contributed by atoms with Crippen molar-refractivity contribution in [1.29, 1.82) is 0 Å². The zero-order valence-corrected chi connectivity index (χ0v) is 14.5. The van der Waals surface area contributed by atoms with Crippen molar-refractivity contribution in [3.63, 3.8) is 0 Å². The van der Waals surface area contributed by atoms with E-state index in [1.165, 1.54) is 19.1 Å². The van der Waals surface area contributed by atoms with Crippen LogP contribution in [0, 0.1) is 0 Å². The number of rotatable bonds is 3. The van der Waals surface area contributed by atoms with Gasteiger partial charge in [-0.3, -0.25) is 19.7 Å². The number of benzene rings is 2. The number of nitrogens with one attached hydrogen (secondary N) is 3. The molecule has 0 fully saturated rings. The summed E-state index contributed by atoms with van der Waals surface area (Å²) < 4.78 is 4.98. The quantitative estimate of drug-likeness (QED) is 0.570. The predicted molar refractivity (Wildman–Crippen MR) is 97.6 cm³/mol. The van der Waals surface area contributed by atoms with Gasteiger partial charge in [-0.25, -0.2) is 4.79 Å². The van der Waals surface area contributed by atoms with E-state index in [1.807, 2.05) is 0 Å². The molecule has 0 aromatic heterocycles. The summed E-state index contributed by atoms with van der Waals surface area (Å²) in [6.07, 6.45) is 0.808. The molecule has 8 heteroatoms. The van der Waals surface area contributed by atoms with Crippen LogP contribution in [-0.4, -0.2) is 23.8 Å². The van der Waals surface area contributed by atoms with Gasteiger partial charge in [0.05, 0.1) is 5.56 Å². The first-order valence-electron chi connectivity index (χ1n) is 8.25. The molecule has 3 rings (SSSR count). The van der Waals surface area contributed by atoms with Gasteiger partial charge in [-0.15, -0.1) is 0 Å². The molecule has 2 aromatic carbocycles. The smallest absolute Gasteiger partial charge is 0.326 e. The number of carbonyl (C=O) groups is 4. The number of urea groups is 1. The summed E-state index contributed by atoms with van der Waals surface area (Å²) in [5.41, 5.74) is 1.99. The third-order valence-electron chi connectivity index (χ3n) is 3.91. The third kappa shape index (κ3) is 4.30. The zero-order valence-electron chi connectivity index (χ0n) is 14.5. The summed E-state index contributed by atoms with van der Waals surface area (Å²) in [5, 5.41) is 7.56. The third-order valence-corrected chi connectivity index (χ3v) is 3.91. The van der Waals surface area contributed by atoms with Crippen LogP contribution in [0.4, 0.5) is 16.2 Å². The van der Waals surface area contributed by atoms with Crippen LogP contribution < -0.4 is 20.7 Å².